The van der Waals surface area contributed by atoms with Crippen molar-refractivity contribution in [2.45, 2.75) is 0 Å². The first kappa shape index (κ1) is 34.3. The number of hydrogen-bond donors (Lipinski definition) is 0. The molecule has 0 bridgehead atoms. The Morgan fingerprint density at radius 2 is 0.678 bits per heavy atom. The Balaban J connectivity index is 1.03. The van der Waals surface area contributed by atoms with E-state index >= 15 is 0 Å². The molecule has 0 atom stereocenters. The standard InChI is InChI=1S/C55H35N3O/c1-4-16-36(17-5-1)41-22-14-23-42(34-41)55-57-53(39-20-8-3-9-21-39)56-54(58-55)40-32-30-38(31-33-40)49-35-50-48-29-15-28-47(51(48)59-52(50)46-27-13-12-26-45(46)49)44-25-11-10-24-43(44)37-18-6-2-7-19-37/h1-35H. The van der Waals surface area contributed by atoms with E-state index in [1.807, 2.05) is 36.4 Å². The number of rotatable bonds is 7. The topological polar surface area (TPSA) is 51.8 Å². The van der Waals surface area contributed by atoms with E-state index in [9.17, 15) is 0 Å². The Morgan fingerprint density at radius 3 is 1.39 bits per heavy atom. The lowest BCUT2D eigenvalue weighted by atomic mass is 9.92. The van der Waals surface area contributed by atoms with Crippen molar-refractivity contribution < 1.29 is 4.42 Å². The molecule has 0 aliphatic heterocycles. The van der Waals surface area contributed by atoms with Crippen LogP contribution in [0.1, 0.15) is 0 Å². The summed E-state index contributed by atoms with van der Waals surface area (Å²) in [7, 11) is 0. The second-order valence-corrected chi connectivity index (χ2v) is 14.7. The third-order valence-electron chi connectivity index (χ3n) is 11.2. The van der Waals surface area contributed by atoms with Gasteiger partial charge in [-0.3, -0.25) is 0 Å². The third kappa shape index (κ3) is 6.24. The van der Waals surface area contributed by atoms with Crippen molar-refractivity contribution in [3.8, 4) is 78.7 Å². The predicted octanol–water partition coefficient (Wildman–Crippen LogP) is 14.6. The molecule has 2 aromatic heterocycles. The predicted molar refractivity (Wildman–Crippen MR) is 243 cm³/mol. The molecule has 2 heterocycles. The fourth-order valence-electron chi connectivity index (χ4n) is 8.28. The van der Waals surface area contributed by atoms with Gasteiger partial charge in [-0.15, -0.1) is 0 Å². The van der Waals surface area contributed by atoms with E-state index < -0.39 is 0 Å². The van der Waals surface area contributed by atoms with Crippen molar-refractivity contribution in [1.29, 1.82) is 0 Å². The van der Waals surface area contributed by atoms with Gasteiger partial charge in [0, 0.05) is 38.4 Å². The van der Waals surface area contributed by atoms with Crippen molar-refractivity contribution in [2.24, 2.45) is 0 Å². The first-order chi connectivity index (χ1) is 29.2. The Labute approximate surface area is 341 Å². The molecule has 11 rings (SSSR count). The minimum Gasteiger partial charge on any atom is -0.455 e. The highest BCUT2D eigenvalue weighted by Crippen LogP contribution is 2.44. The molecule has 0 aliphatic carbocycles. The first-order valence-corrected chi connectivity index (χ1v) is 19.9. The van der Waals surface area contributed by atoms with Crippen LogP contribution in [0, 0.1) is 0 Å². The van der Waals surface area contributed by atoms with Crippen LogP contribution in [0.2, 0.25) is 0 Å². The van der Waals surface area contributed by atoms with Crippen LogP contribution < -0.4 is 0 Å². The summed E-state index contributed by atoms with van der Waals surface area (Å²) in [4.78, 5) is 15.1. The van der Waals surface area contributed by atoms with Gasteiger partial charge in [0.25, 0.3) is 0 Å². The van der Waals surface area contributed by atoms with Crippen LogP contribution in [0.25, 0.3) is 111 Å². The molecule has 0 spiro atoms. The van der Waals surface area contributed by atoms with Gasteiger partial charge in [0.2, 0.25) is 0 Å². The Kier molecular flexibility index (Phi) is 8.45. The molecular weight excluding hydrogens is 719 g/mol. The minimum atomic E-state index is 0.620. The number of aromatic nitrogens is 3. The summed E-state index contributed by atoms with van der Waals surface area (Å²) in [6.07, 6.45) is 0. The Hall–Kier alpha value is -7.95. The van der Waals surface area contributed by atoms with Gasteiger partial charge in [0.05, 0.1) is 0 Å². The van der Waals surface area contributed by atoms with E-state index in [-0.39, 0.29) is 0 Å². The second kappa shape index (κ2) is 14.5. The van der Waals surface area contributed by atoms with Crippen LogP contribution in [0.4, 0.5) is 0 Å². The zero-order valence-corrected chi connectivity index (χ0v) is 32.0. The maximum Gasteiger partial charge on any atom is 0.164 e. The van der Waals surface area contributed by atoms with Crippen LogP contribution >= 0.6 is 0 Å². The molecular formula is C55H35N3O. The zero-order chi connectivity index (χ0) is 39.1. The van der Waals surface area contributed by atoms with Crippen molar-refractivity contribution in [3.05, 3.63) is 212 Å². The van der Waals surface area contributed by atoms with Gasteiger partial charge >= 0.3 is 0 Å². The Bertz CT molecular complexity index is 3300. The monoisotopic (exact) mass is 753 g/mol. The number of fused-ring (bicyclic) bond motifs is 5. The lowest BCUT2D eigenvalue weighted by Gasteiger charge is -2.11. The van der Waals surface area contributed by atoms with Crippen molar-refractivity contribution in [3.63, 3.8) is 0 Å². The van der Waals surface area contributed by atoms with Gasteiger partial charge in [-0.05, 0) is 56.5 Å². The van der Waals surface area contributed by atoms with Gasteiger partial charge in [0.15, 0.2) is 17.5 Å². The summed E-state index contributed by atoms with van der Waals surface area (Å²) in [6, 6.07) is 73.9. The molecule has 11 aromatic rings. The van der Waals surface area contributed by atoms with Crippen LogP contribution in [-0.4, -0.2) is 15.0 Å². The van der Waals surface area contributed by atoms with Crippen LogP contribution in [0.5, 0.6) is 0 Å². The molecule has 4 nitrogen and oxygen atoms in total. The van der Waals surface area contributed by atoms with Crippen LogP contribution in [0.3, 0.4) is 0 Å². The molecule has 0 unspecified atom stereocenters. The lowest BCUT2D eigenvalue weighted by Crippen LogP contribution is -2.00. The summed E-state index contributed by atoms with van der Waals surface area (Å²) in [5.41, 5.74) is 13.6. The molecule has 0 amide bonds. The number of hydrogen-bond acceptors (Lipinski definition) is 4. The summed E-state index contributed by atoms with van der Waals surface area (Å²) in [6.45, 7) is 0. The SMILES string of the molecule is c1ccc(-c2cccc(-c3nc(-c4ccccc4)nc(-c4ccc(-c5cc6c7cccc(-c8ccccc8-c8ccccc8)c7oc6c6ccccc56)cc4)n3)c2)cc1. The van der Waals surface area contributed by atoms with Crippen molar-refractivity contribution >= 4 is 32.7 Å². The molecule has 0 saturated carbocycles. The molecule has 9 aromatic carbocycles. The van der Waals surface area contributed by atoms with Gasteiger partial charge in [-0.2, -0.15) is 0 Å². The highest BCUT2D eigenvalue weighted by Gasteiger charge is 2.19. The number of para-hydroxylation sites is 1. The number of nitrogens with zero attached hydrogens (tertiary/aromatic N) is 3. The van der Waals surface area contributed by atoms with E-state index in [1.54, 1.807) is 0 Å². The van der Waals surface area contributed by atoms with E-state index in [2.05, 4.69) is 176 Å². The molecule has 276 valence electrons. The van der Waals surface area contributed by atoms with E-state index in [0.29, 0.717) is 17.5 Å². The summed E-state index contributed by atoms with van der Waals surface area (Å²) in [5.74, 6) is 1.88. The van der Waals surface area contributed by atoms with Gasteiger partial charge < -0.3 is 4.42 Å². The molecule has 4 heteroatoms. The van der Waals surface area contributed by atoms with Gasteiger partial charge in [-0.25, -0.2) is 15.0 Å². The molecule has 0 radical (unpaired) electrons. The zero-order valence-electron chi connectivity index (χ0n) is 32.0. The molecule has 0 fully saturated rings. The average molecular weight is 754 g/mol. The highest BCUT2D eigenvalue weighted by molar-refractivity contribution is 6.21. The molecule has 0 aliphatic rings. The summed E-state index contributed by atoms with van der Waals surface area (Å²) in [5, 5.41) is 4.38. The van der Waals surface area contributed by atoms with Gasteiger partial charge in [0.1, 0.15) is 11.2 Å². The largest absolute Gasteiger partial charge is 0.455 e. The quantitative estimate of drug-likeness (QED) is 0.163. The van der Waals surface area contributed by atoms with Crippen LogP contribution in [0.15, 0.2) is 217 Å². The lowest BCUT2D eigenvalue weighted by molar-refractivity contribution is 0.674. The molecule has 0 N–H and O–H groups in total. The van der Waals surface area contributed by atoms with Crippen molar-refractivity contribution in [2.75, 3.05) is 0 Å². The fraction of sp³-hybridized carbons (Fsp3) is 0. The van der Waals surface area contributed by atoms with E-state index in [4.69, 9.17) is 19.4 Å². The van der Waals surface area contributed by atoms with Crippen LogP contribution in [-0.2, 0) is 0 Å². The Morgan fingerprint density at radius 1 is 0.237 bits per heavy atom. The third-order valence-corrected chi connectivity index (χ3v) is 11.2. The molecule has 59 heavy (non-hydrogen) atoms. The molecule has 0 saturated heterocycles. The highest BCUT2D eigenvalue weighted by atomic mass is 16.3. The first-order valence-electron chi connectivity index (χ1n) is 19.9. The van der Waals surface area contributed by atoms with E-state index in [0.717, 1.165) is 82.8 Å². The maximum absolute atomic E-state index is 6.92. The van der Waals surface area contributed by atoms with E-state index in [1.165, 1.54) is 11.1 Å². The maximum atomic E-state index is 6.92. The normalized spacial score (nSPS) is 11.4. The summed E-state index contributed by atoms with van der Waals surface area (Å²) < 4.78 is 6.92. The summed E-state index contributed by atoms with van der Waals surface area (Å²) >= 11 is 0. The van der Waals surface area contributed by atoms with Crippen molar-refractivity contribution in [1.82, 2.24) is 15.0 Å². The average Bonchev–Trinajstić information content (AvgIpc) is 3.71. The number of furan rings is 1. The minimum absolute atomic E-state index is 0.620. The smallest absolute Gasteiger partial charge is 0.164 e. The van der Waals surface area contributed by atoms with Gasteiger partial charge in [-0.1, -0.05) is 200 Å². The number of benzene rings is 9. The second-order valence-electron chi connectivity index (χ2n) is 14.7. The fourth-order valence-corrected chi connectivity index (χ4v) is 8.28.